The largest absolute Gasteiger partial charge is 0.494 e. The van der Waals surface area contributed by atoms with Crippen LogP contribution in [0, 0.1) is 0 Å². The minimum Gasteiger partial charge on any atom is -0.494 e. The normalized spacial score (nSPS) is 13.2. The summed E-state index contributed by atoms with van der Waals surface area (Å²) in [4.78, 5) is 8.57. The number of unbranched alkanes of at least 4 members (excludes halogenated alkanes) is 5. The molecule has 0 spiro atoms. The van der Waals surface area contributed by atoms with E-state index in [-0.39, 0.29) is 13.0 Å². The van der Waals surface area contributed by atoms with Gasteiger partial charge in [0.15, 0.2) is 11.6 Å². The van der Waals surface area contributed by atoms with Crippen molar-refractivity contribution < 1.29 is 72.0 Å². The summed E-state index contributed by atoms with van der Waals surface area (Å²) in [5.41, 5.74) is 0.725. The highest BCUT2D eigenvalue weighted by Gasteiger charge is 2.72. The van der Waals surface area contributed by atoms with E-state index in [0.717, 1.165) is 31.2 Å². The predicted octanol–water partition coefficient (Wildman–Crippen LogP) is 8.64. The summed E-state index contributed by atoms with van der Waals surface area (Å²) in [5.74, 6) is 1.55. The van der Waals surface area contributed by atoms with Crippen LogP contribution in [0.15, 0.2) is 36.7 Å². The summed E-state index contributed by atoms with van der Waals surface area (Å²) in [6.07, 6.45) is -23.9. The minimum atomic E-state index is -6.83. The molecule has 0 aliphatic heterocycles. The van der Waals surface area contributed by atoms with Crippen molar-refractivity contribution in [1.82, 2.24) is 9.97 Å². The van der Waals surface area contributed by atoms with Gasteiger partial charge in [0.2, 0.25) is 0 Å². The Hall–Kier alpha value is -2.99. The summed E-state index contributed by atoms with van der Waals surface area (Å²) < 4.78 is 161. The maximum atomic E-state index is 13.5. The number of hydrogen-bond acceptors (Lipinski definition) is 7. The van der Waals surface area contributed by atoms with Gasteiger partial charge in [0.25, 0.3) is 0 Å². The van der Waals surface area contributed by atoms with Crippen molar-refractivity contribution >= 4 is 0 Å². The van der Waals surface area contributed by atoms with E-state index in [2.05, 4.69) is 26.4 Å². The summed E-state index contributed by atoms with van der Waals surface area (Å²) in [6, 6.07) is 6.83. The van der Waals surface area contributed by atoms with Gasteiger partial charge in [0, 0.05) is 12.2 Å². The van der Waals surface area contributed by atoms with Crippen molar-refractivity contribution in [2.45, 2.75) is 82.5 Å². The van der Waals surface area contributed by atoms with Crippen LogP contribution in [0.5, 0.6) is 11.5 Å². The number of halogens is 11. The minimum absolute atomic E-state index is 0.0850. The van der Waals surface area contributed by atoms with E-state index < -0.39 is 43.8 Å². The Bertz CT molecular complexity index is 1140. The molecule has 2 rings (SSSR count). The maximum Gasteiger partial charge on any atom is 0.483 e. The second-order valence-corrected chi connectivity index (χ2v) is 9.53. The molecule has 0 atom stereocenters. The lowest BCUT2D eigenvalue weighted by atomic mass is 10.2. The van der Waals surface area contributed by atoms with Crippen molar-refractivity contribution in [3.05, 3.63) is 36.7 Å². The zero-order valence-corrected chi connectivity index (χ0v) is 23.8. The average Bonchev–Trinajstić information content (AvgIpc) is 2.93. The Balaban J connectivity index is 1.66. The van der Waals surface area contributed by atoms with E-state index in [9.17, 15) is 48.3 Å². The third kappa shape index (κ3) is 12.7. The SMILES string of the molecule is CCCCCCOc1cnc(-c2ccc(OCCCCCOCC(F)(F)OC(F)(F)C(F)(F)OC(F)(F)C(F)(F)F)cc2)nc1. The first-order valence-corrected chi connectivity index (χ1v) is 13.6. The Morgan fingerprint density at radius 3 is 1.64 bits per heavy atom. The molecule has 1 heterocycles. The first kappa shape index (κ1) is 38.2. The van der Waals surface area contributed by atoms with Crippen LogP contribution in [0.1, 0.15) is 51.9 Å². The third-order valence-electron chi connectivity index (χ3n) is 5.68. The molecule has 0 fully saturated rings. The molecule has 7 nitrogen and oxygen atoms in total. The van der Waals surface area contributed by atoms with Crippen molar-refractivity contribution in [3.63, 3.8) is 0 Å². The van der Waals surface area contributed by atoms with Crippen molar-refractivity contribution in [2.75, 3.05) is 26.4 Å². The lowest BCUT2D eigenvalue weighted by molar-refractivity contribution is -0.537. The number of hydrogen-bond donors (Lipinski definition) is 0. The van der Waals surface area contributed by atoms with Gasteiger partial charge in [-0.25, -0.2) is 19.4 Å². The van der Waals surface area contributed by atoms with Gasteiger partial charge in [0.1, 0.15) is 12.4 Å². The molecule has 1 aromatic carbocycles. The molecule has 0 aliphatic rings. The topological polar surface area (TPSA) is 71.9 Å². The molecule has 0 aliphatic carbocycles. The van der Waals surface area contributed by atoms with Crippen molar-refractivity contribution in [1.29, 1.82) is 0 Å². The van der Waals surface area contributed by atoms with Crippen LogP contribution in [-0.4, -0.2) is 67.0 Å². The molecule has 18 heteroatoms. The molecule has 45 heavy (non-hydrogen) atoms. The zero-order valence-electron chi connectivity index (χ0n) is 23.8. The highest BCUT2D eigenvalue weighted by atomic mass is 19.4. The highest BCUT2D eigenvalue weighted by Crippen LogP contribution is 2.47. The lowest BCUT2D eigenvalue weighted by Gasteiger charge is -2.31. The van der Waals surface area contributed by atoms with E-state index in [1.165, 1.54) is 0 Å². The number of alkyl halides is 11. The third-order valence-corrected chi connectivity index (χ3v) is 5.68. The second kappa shape index (κ2) is 16.5. The van der Waals surface area contributed by atoms with Gasteiger partial charge in [-0.05, 0) is 49.9 Å². The van der Waals surface area contributed by atoms with Crippen LogP contribution in [-0.2, 0) is 14.2 Å². The highest BCUT2D eigenvalue weighted by molar-refractivity contribution is 5.56. The van der Waals surface area contributed by atoms with E-state index in [1.54, 1.807) is 41.4 Å². The van der Waals surface area contributed by atoms with Gasteiger partial charge in [-0.3, -0.25) is 0 Å². The fraction of sp³-hybridized carbons (Fsp3) is 0.630. The number of aromatic nitrogens is 2. The number of ether oxygens (including phenoxy) is 5. The second-order valence-electron chi connectivity index (χ2n) is 9.53. The molecule has 0 unspecified atom stereocenters. The van der Waals surface area contributed by atoms with Gasteiger partial charge in [-0.2, -0.15) is 48.3 Å². The van der Waals surface area contributed by atoms with Gasteiger partial charge >= 0.3 is 30.6 Å². The molecule has 0 saturated heterocycles. The average molecular weight is 673 g/mol. The van der Waals surface area contributed by atoms with E-state index in [1.807, 2.05) is 0 Å². The quantitative estimate of drug-likeness (QED) is 0.0972. The lowest BCUT2D eigenvalue weighted by Crippen LogP contribution is -2.55. The van der Waals surface area contributed by atoms with E-state index in [0.29, 0.717) is 36.8 Å². The monoisotopic (exact) mass is 672 g/mol. The predicted molar refractivity (Wildman–Crippen MR) is 135 cm³/mol. The Labute approximate surface area is 251 Å². The van der Waals surface area contributed by atoms with Crippen LogP contribution >= 0.6 is 0 Å². The van der Waals surface area contributed by atoms with E-state index in [4.69, 9.17) is 9.47 Å². The van der Waals surface area contributed by atoms with Gasteiger partial charge < -0.3 is 14.2 Å². The molecular weight excluding hydrogens is 641 g/mol. The molecule has 0 saturated carbocycles. The summed E-state index contributed by atoms with van der Waals surface area (Å²) >= 11 is 0. The summed E-state index contributed by atoms with van der Waals surface area (Å²) in [6.45, 7) is 0.388. The van der Waals surface area contributed by atoms with Crippen LogP contribution in [0.25, 0.3) is 11.4 Å². The number of benzene rings is 1. The van der Waals surface area contributed by atoms with Crippen molar-refractivity contribution in [3.8, 4) is 22.9 Å². The maximum absolute atomic E-state index is 13.5. The summed E-state index contributed by atoms with van der Waals surface area (Å²) in [5, 5.41) is 0. The van der Waals surface area contributed by atoms with Gasteiger partial charge in [-0.1, -0.05) is 26.2 Å². The van der Waals surface area contributed by atoms with Crippen LogP contribution < -0.4 is 9.47 Å². The molecule has 0 radical (unpaired) electrons. The van der Waals surface area contributed by atoms with Crippen LogP contribution in [0.3, 0.4) is 0 Å². The molecule has 0 N–H and O–H groups in total. The molecule has 0 amide bonds. The Morgan fingerprint density at radius 2 is 1.09 bits per heavy atom. The van der Waals surface area contributed by atoms with Gasteiger partial charge in [0.05, 0.1) is 25.6 Å². The molecular formula is C27H31F11N2O5. The smallest absolute Gasteiger partial charge is 0.483 e. The standard InChI is InChI=1S/C27H31F11N2O5/c1-2-3-4-7-15-43-21-16-39-22(40-17-21)19-9-11-20(12-10-19)42-14-8-5-6-13-41-18-23(28,29)44-26(35,36)27(37,38)45-25(33,34)24(30,31)32/h9-12,16-17H,2-8,13-15,18H2,1H3. The Morgan fingerprint density at radius 1 is 0.578 bits per heavy atom. The van der Waals surface area contributed by atoms with Crippen LogP contribution in [0.2, 0.25) is 0 Å². The van der Waals surface area contributed by atoms with Crippen LogP contribution in [0.4, 0.5) is 48.3 Å². The van der Waals surface area contributed by atoms with E-state index >= 15 is 0 Å². The summed E-state index contributed by atoms with van der Waals surface area (Å²) in [7, 11) is 0. The molecule has 256 valence electrons. The first-order chi connectivity index (χ1) is 20.9. The zero-order chi connectivity index (χ0) is 33.8. The van der Waals surface area contributed by atoms with Crippen molar-refractivity contribution in [2.24, 2.45) is 0 Å². The molecule has 1 aromatic heterocycles. The molecule has 2 aromatic rings. The van der Waals surface area contributed by atoms with Gasteiger partial charge in [-0.15, -0.1) is 0 Å². The fourth-order valence-corrected chi connectivity index (χ4v) is 3.38. The first-order valence-electron chi connectivity index (χ1n) is 13.6. The number of rotatable bonds is 21. The number of nitrogens with zero attached hydrogens (tertiary/aromatic N) is 2. The Kier molecular flexibility index (Phi) is 14.0. The molecule has 0 bridgehead atoms. The fourth-order valence-electron chi connectivity index (χ4n) is 3.38.